The number of rotatable bonds is 6. The number of nitrogens with zero attached hydrogens (tertiary/aromatic N) is 2. The summed E-state index contributed by atoms with van der Waals surface area (Å²) in [5.74, 6) is 0. The van der Waals surface area contributed by atoms with Crippen LogP contribution in [0, 0.1) is 0 Å². The van der Waals surface area contributed by atoms with E-state index in [1.165, 1.54) is 0 Å². The first-order chi connectivity index (χ1) is 9.54. The SMILES string of the molecule is CC(=S)OC(C)(CC(C)(C)OOC(C)(C)C)N=NC(C)(C)C. The lowest BCUT2D eigenvalue weighted by atomic mass is 9.97. The summed E-state index contributed by atoms with van der Waals surface area (Å²) < 4.78 is 5.74. The van der Waals surface area contributed by atoms with Crippen molar-refractivity contribution in [1.29, 1.82) is 0 Å². The van der Waals surface area contributed by atoms with E-state index in [9.17, 15) is 0 Å². The van der Waals surface area contributed by atoms with Crippen LogP contribution in [0.3, 0.4) is 0 Å². The maximum absolute atomic E-state index is 5.74. The fourth-order valence-corrected chi connectivity index (χ4v) is 1.89. The molecule has 6 heteroatoms. The Labute approximate surface area is 140 Å². The maximum atomic E-state index is 5.74. The van der Waals surface area contributed by atoms with Crippen LogP contribution in [0.2, 0.25) is 0 Å². The van der Waals surface area contributed by atoms with Gasteiger partial charge in [-0.05, 0) is 74.5 Å². The van der Waals surface area contributed by atoms with Crippen molar-refractivity contribution in [2.24, 2.45) is 10.2 Å². The molecule has 1 unspecified atom stereocenters. The van der Waals surface area contributed by atoms with E-state index in [4.69, 9.17) is 26.7 Å². The molecule has 0 saturated heterocycles. The van der Waals surface area contributed by atoms with Crippen molar-refractivity contribution in [1.82, 2.24) is 0 Å². The summed E-state index contributed by atoms with van der Waals surface area (Å²) in [4.78, 5) is 11.0. The second-order valence-corrected chi connectivity index (χ2v) is 8.93. The van der Waals surface area contributed by atoms with Gasteiger partial charge in [-0.15, -0.1) is 5.11 Å². The molecule has 0 fully saturated rings. The minimum absolute atomic E-state index is 0.285. The first-order valence-corrected chi connectivity index (χ1v) is 7.95. The van der Waals surface area contributed by atoms with Gasteiger partial charge in [-0.1, -0.05) is 0 Å². The minimum atomic E-state index is -0.899. The van der Waals surface area contributed by atoms with E-state index in [0.29, 0.717) is 11.5 Å². The molecule has 5 nitrogen and oxygen atoms in total. The molecule has 0 radical (unpaired) electrons. The first-order valence-electron chi connectivity index (χ1n) is 7.54. The Balaban J connectivity index is 5.12. The van der Waals surface area contributed by atoms with Crippen molar-refractivity contribution in [3.63, 3.8) is 0 Å². The Hall–Kier alpha value is -0.590. The van der Waals surface area contributed by atoms with Gasteiger partial charge in [0, 0.05) is 13.3 Å². The van der Waals surface area contributed by atoms with Crippen LogP contribution in [-0.2, 0) is 14.5 Å². The van der Waals surface area contributed by atoms with Crippen LogP contribution in [0.25, 0.3) is 0 Å². The standard InChI is InChI=1S/C16H32N2O3S/c1-12(22)19-16(10,18-17-13(2,3)4)11-15(8,9)21-20-14(5,6)7/h11H2,1-10H3. The monoisotopic (exact) mass is 332 g/mol. The molecule has 130 valence electrons. The Bertz CT molecular complexity index is 409. The molecule has 0 spiro atoms. The van der Waals surface area contributed by atoms with Gasteiger partial charge in [0.2, 0.25) is 5.72 Å². The van der Waals surface area contributed by atoms with Crippen LogP contribution in [0.15, 0.2) is 10.2 Å². The topological polar surface area (TPSA) is 52.4 Å². The molecule has 0 aliphatic rings. The second-order valence-electron chi connectivity index (χ2n) is 8.35. The van der Waals surface area contributed by atoms with Crippen molar-refractivity contribution in [3.05, 3.63) is 0 Å². The summed E-state index contributed by atoms with van der Waals surface area (Å²) in [5.41, 5.74) is -2.18. The number of hydrogen-bond acceptors (Lipinski definition) is 6. The average molecular weight is 333 g/mol. The largest absolute Gasteiger partial charge is 0.459 e. The lowest BCUT2D eigenvalue weighted by Crippen LogP contribution is -2.40. The van der Waals surface area contributed by atoms with Crippen molar-refractivity contribution in [2.45, 2.75) is 98.1 Å². The molecule has 0 bridgehead atoms. The van der Waals surface area contributed by atoms with E-state index >= 15 is 0 Å². The highest BCUT2D eigenvalue weighted by atomic mass is 32.1. The van der Waals surface area contributed by atoms with Gasteiger partial charge in [-0.25, -0.2) is 9.78 Å². The van der Waals surface area contributed by atoms with Crippen LogP contribution >= 0.6 is 12.2 Å². The third-order valence-corrected chi connectivity index (χ3v) is 2.28. The lowest BCUT2D eigenvalue weighted by Gasteiger charge is -2.35. The van der Waals surface area contributed by atoms with E-state index < -0.39 is 11.3 Å². The van der Waals surface area contributed by atoms with Crippen LogP contribution in [-0.4, -0.2) is 27.5 Å². The molecule has 0 aromatic rings. The fourth-order valence-electron chi connectivity index (χ4n) is 1.71. The van der Waals surface area contributed by atoms with Crippen molar-refractivity contribution in [2.75, 3.05) is 0 Å². The quantitative estimate of drug-likeness (QED) is 0.289. The highest BCUT2D eigenvalue weighted by molar-refractivity contribution is 7.80. The predicted molar refractivity (Wildman–Crippen MR) is 93.0 cm³/mol. The summed E-state index contributed by atoms with van der Waals surface area (Å²) in [6, 6.07) is 0. The average Bonchev–Trinajstić information content (AvgIpc) is 2.20. The number of azo groups is 1. The van der Waals surface area contributed by atoms with Gasteiger partial charge < -0.3 is 4.74 Å². The van der Waals surface area contributed by atoms with E-state index in [0.717, 1.165) is 0 Å². The number of thiocarbonyl (C=S) groups is 1. The fraction of sp³-hybridized carbons (Fsp3) is 0.938. The molecule has 0 N–H and O–H groups in total. The van der Waals surface area contributed by atoms with Gasteiger partial charge in [-0.2, -0.15) is 5.11 Å². The Morgan fingerprint density at radius 2 is 1.36 bits per heavy atom. The van der Waals surface area contributed by atoms with E-state index in [2.05, 4.69) is 10.2 Å². The van der Waals surface area contributed by atoms with Crippen LogP contribution in [0.1, 0.15) is 75.7 Å². The molecule has 0 heterocycles. The van der Waals surface area contributed by atoms with E-state index in [1.54, 1.807) is 6.92 Å². The zero-order valence-electron chi connectivity index (χ0n) is 15.7. The first kappa shape index (κ1) is 21.4. The molecule has 0 saturated carbocycles. The van der Waals surface area contributed by atoms with Gasteiger partial charge in [0.05, 0.1) is 11.1 Å². The molecular weight excluding hydrogens is 300 g/mol. The van der Waals surface area contributed by atoms with E-state index in [-0.39, 0.29) is 11.1 Å². The third kappa shape index (κ3) is 11.0. The van der Waals surface area contributed by atoms with Crippen molar-refractivity contribution >= 4 is 17.3 Å². The van der Waals surface area contributed by atoms with Crippen molar-refractivity contribution < 1.29 is 14.5 Å². The molecule has 0 aliphatic carbocycles. The molecule has 0 aliphatic heterocycles. The van der Waals surface area contributed by atoms with Crippen LogP contribution in [0.5, 0.6) is 0 Å². The van der Waals surface area contributed by atoms with Gasteiger partial charge >= 0.3 is 0 Å². The van der Waals surface area contributed by atoms with E-state index in [1.807, 2.05) is 62.3 Å². The van der Waals surface area contributed by atoms with Crippen LogP contribution < -0.4 is 0 Å². The van der Waals surface area contributed by atoms with Crippen LogP contribution in [0.4, 0.5) is 0 Å². The summed E-state index contributed by atoms with van der Waals surface area (Å²) in [5, 5.41) is 9.11. The summed E-state index contributed by atoms with van der Waals surface area (Å²) in [6.45, 7) is 19.1. The molecule has 0 aromatic carbocycles. The normalized spacial score (nSPS) is 16.6. The maximum Gasteiger partial charge on any atom is 0.219 e. The second kappa shape index (κ2) is 7.32. The van der Waals surface area contributed by atoms with Crippen molar-refractivity contribution in [3.8, 4) is 0 Å². The zero-order chi connectivity index (χ0) is 17.8. The van der Waals surface area contributed by atoms with Gasteiger partial charge in [-0.3, -0.25) is 0 Å². The Morgan fingerprint density at radius 1 is 0.864 bits per heavy atom. The molecule has 22 heavy (non-hydrogen) atoms. The van der Waals surface area contributed by atoms with Gasteiger partial charge in [0.25, 0.3) is 0 Å². The summed E-state index contributed by atoms with van der Waals surface area (Å²) >= 11 is 5.07. The molecule has 0 rings (SSSR count). The smallest absolute Gasteiger partial charge is 0.219 e. The third-order valence-electron chi connectivity index (χ3n) is 2.20. The Kier molecular flexibility index (Phi) is 7.12. The molecular formula is C16H32N2O3S. The number of hydrogen-bond donors (Lipinski definition) is 0. The number of ether oxygens (including phenoxy) is 1. The Morgan fingerprint density at radius 3 is 1.73 bits per heavy atom. The highest BCUT2D eigenvalue weighted by Gasteiger charge is 2.37. The summed E-state index contributed by atoms with van der Waals surface area (Å²) in [6.07, 6.45) is 0.448. The van der Waals surface area contributed by atoms with Gasteiger partial charge in [0.1, 0.15) is 5.60 Å². The summed E-state index contributed by atoms with van der Waals surface area (Å²) in [7, 11) is 0. The van der Waals surface area contributed by atoms with Gasteiger partial charge in [0.15, 0.2) is 5.05 Å². The molecule has 1 atom stereocenters. The molecule has 0 amide bonds. The molecule has 0 aromatic heterocycles. The zero-order valence-corrected chi connectivity index (χ0v) is 16.6. The highest BCUT2D eigenvalue weighted by Crippen LogP contribution is 2.31. The lowest BCUT2D eigenvalue weighted by molar-refractivity contribution is -0.401. The predicted octanol–water partition coefficient (Wildman–Crippen LogP) is 5.23. The minimum Gasteiger partial charge on any atom is -0.459 e.